The van der Waals surface area contributed by atoms with Crippen molar-refractivity contribution in [2.24, 2.45) is 4.99 Å². The summed E-state index contributed by atoms with van der Waals surface area (Å²) in [6, 6.07) is 7.87. The Morgan fingerprint density at radius 2 is 1.92 bits per heavy atom. The van der Waals surface area contributed by atoms with E-state index in [9.17, 15) is 4.79 Å². The number of nitrogens with one attached hydrogen (secondary N) is 2. The minimum atomic E-state index is 0. The summed E-state index contributed by atoms with van der Waals surface area (Å²) >= 11 is 0. The lowest BCUT2D eigenvalue weighted by Crippen LogP contribution is -2.43. The van der Waals surface area contributed by atoms with Crippen LogP contribution in [0.15, 0.2) is 29.3 Å². The SMILES string of the molecule is CCCCNC(=NCc1ccccc1OCC)NCC(=O)N(C)C.I. The highest BCUT2D eigenvalue weighted by Crippen LogP contribution is 2.18. The molecule has 0 aliphatic heterocycles. The molecule has 0 radical (unpaired) electrons. The van der Waals surface area contributed by atoms with Crippen molar-refractivity contribution in [2.75, 3.05) is 33.8 Å². The minimum absolute atomic E-state index is 0. The largest absolute Gasteiger partial charge is 0.494 e. The number of likely N-dealkylation sites (N-methyl/N-ethyl adjacent to an activating group) is 1. The van der Waals surface area contributed by atoms with Gasteiger partial charge in [-0.05, 0) is 19.4 Å². The molecule has 0 saturated heterocycles. The number of nitrogens with zero attached hydrogens (tertiary/aromatic N) is 2. The van der Waals surface area contributed by atoms with E-state index in [1.54, 1.807) is 19.0 Å². The smallest absolute Gasteiger partial charge is 0.241 e. The van der Waals surface area contributed by atoms with Gasteiger partial charge >= 0.3 is 0 Å². The molecule has 0 unspecified atom stereocenters. The van der Waals surface area contributed by atoms with Gasteiger partial charge in [-0.2, -0.15) is 0 Å². The number of benzene rings is 1. The summed E-state index contributed by atoms with van der Waals surface area (Å²) in [5, 5.41) is 6.35. The summed E-state index contributed by atoms with van der Waals surface area (Å²) in [4.78, 5) is 17.9. The molecule has 1 aromatic rings. The molecular formula is C18H31IN4O2. The van der Waals surface area contributed by atoms with E-state index in [4.69, 9.17) is 4.74 Å². The van der Waals surface area contributed by atoms with Crippen LogP contribution in [-0.4, -0.2) is 50.6 Å². The number of aliphatic imine (C=N–C) groups is 1. The molecule has 0 heterocycles. The number of amides is 1. The average molecular weight is 462 g/mol. The molecule has 6 nitrogen and oxygen atoms in total. The molecule has 0 atom stereocenters. The fourth-order valence-electron chi connectivity index (χ4n) is 1.97. The van der Waals surface area contributed by atoms with Crippen LogP contribution in [0.3, 0.4) is 0 Å². The molecule has 1 rings (SSSR count). The number of para-hydroxylation sites is 1. The van der Waals surface area contributed by atoms with Crippen LogP contribution in [-0.2, 0) is 11.3 Å². The number of hydrogen-bond acceptors (Lipinski definition) is 3. The summed E-state index contributed by atoms with van der Waals surface area (Å²) in [5.41, 5.74) is 1.02. The molecule has 0 saturated carbocycles. The first kappa shape index (κ1) is 23.5. The van der Waals surface area contributed by atoms with Crippen molar-refractivity contribution in [1.82, 2.24) is 15.5 Å². The number of hydrogen-bond donors (Lipinski definition) is 2. The maximum absolute atomic E-state index is 11.8. The highest BCUT2D eigenvalue weighted by molar-refractivity contribution is 14.0. The average Bonchev–Trinajstić information content (AvgIpc) is 2.58. The summed E-state index contributed by atoms with van der Waals surface area (Å²) in [6.45, 7) is 6.27. The first-order valence-corrected chi connectivity index (χ1v) is 8.51. The minimum Gasteiger partial charge on any atom is -0.494 e. The predicted octanol–water partition coefficient (Wildman–Crippen LogP) is 2.63. The van der Waals surface area contributed by atoms with Crippen LogP contribution in [0.1, 0.15) is 32.3 Å². The first-order chi connectivity index (χ1) is 11.6. The second-order valence-corrected chi connectivity index (χ2v) is 5.63. The van der Waals surface area contributed by atoms with Crippen molar-refractivity contribution < 1.29 is 9.53 Å². The van der Waals surface area contributed by atoms with Crippen molar-refractivity contribution in [1.29, 1.82) is 0 Å². The molecule has 142 valence electrons. The van der Waals surface area contributed by atoms with E-state index in [0.717, 1.165) is 30.7 Å². The fourth-order valence-corrected chi connectivity index (χ4v) is 1.97. The second kappa shape index (κ2) is 13.7. The lowest BCUT2D eigenvalue weighted by Gasteiger charge is -2.15. The van der Waals surface area contributed by atoms with E-state index in [-0.39, 0.29) is 36.4 Å². The summed E-state index contributed by atoms with van der Waals surface area (Å²) in [7, 11) is 3.48. The Bertz CT molecular complexity index is 536. The lowest BCUT2D eigenvalue weighted by atomic mass is 10.2. The number of guanidine groups is 1. The van der Waals surface area contributed by atoms with Gasteiger partial charge in [0.05, 0.1) is 19.7 Å². The first-order valence-electron chi connectivity index (χ1n) is 8.51. The number of carbonyl (C=O) groups is 1. The monoisotopic (exact) mass is 462 g/mol. The van der Waals surface area contributed by atoms with Gasteiger partial charge < -0.3 is 20.3 Å². The number of carbonyl (C=O) groups excluding carboxylic acids is 1. The highest BCUT2D eigenvalue weighted by Gasteiger charge is 2.07. The Labute approximate surface area is 168 Å². The van der Waals surface area contributed by atoms with Crippen LogP contribution in [0.2, 0.25) is 0 Å². The number of unbranched alkanes of at least 4 members (excludes halogenated alkanes) is 1. The van der Waals surface area contributed by atoms with Crippen molar-refractivity contribution in [3.8, 4) is 5.75 Å². The van der Waals surface area contributed by atoms with Crippen molar-refractivity contribution >= 4 is 35.8 Å². The summed E-state index contributed by atoms with van der Waals surface area (Å²) < 4.78 is 5.63. The zero-order valence-corrected chi connectivity index (χ0v) is 18.0. The van der Waals surface area contributed by atoms with Gasteiger partial charge in [0.1, 0.15) is 5.75 Å². The molecule has 1 aromatic carbocycles. The van der Waals surface area contributed by atoms with E-state index in [0.29, 0.717) is 19.1 Å². The summed E-state index contributed by atoms with van der Waals surface area (Å²) in [6.07, 6.45) is 2.15. The van der Waals surface area contributed by atoms with Gasteiger partial charge in [-0.1, -0.05) is 31.5 Å². The van der Waals surface area contributed by atoms with E-state index in [1.807, 2.05) is 31.2 Å². The topological polar surface area (TPSA) is 66.0 Å². The van der Waals surface area contributed by atoms with E-state index >= 15 is 0 Å². The standard InChI is InChI=1S/C18H30N4O2.HI/c1-5-7-12-19-18(21-14-17(23)22(3)4)20-13-15-10-8-9-11-16(15)24-6-2;/h8-11H,5-7,12-14H2,1-4H3,(H2,19,20,21);1H. The highest BCUT2D eigenvalue weighted by atomic mass is 127. The van der Waals surface area contributed by atoms with Gasteiger partial charge in [-0.3, -0.25) is 4.79 Å². The van der Waals surface area contributed by atoms with Gasteiger partial charge in [0.2, 0.25) is 5.91 Å². The van der Waals surface area contributed by atoms with Gasteiger partial charge in [0, 0.05) is 26.2 Å². The van der Waals surface area contributed by atoms with Crippen LogP contribution >= 0.6 is 24.0 Å². The quantitative estimate of drug-likeness (QED) is 0.256. The Balaban J connectivity index is 0.00000576. The molecule has 0 spiro atoms. The molecule has 0 bridgehead atoms. The van der Waals surface area contributed by atoms with E-state index in [2.05, 4.69) is 22.5 Å². The number of halogens is 1. The van der Waals surface area contributed by atoms with Crippen molar-refractivity contribution in [3.05, 3.63) is 29.8 Å². The Hall–Kier alpha value is -1.51. The van der Waals surface area contributed by atoms with Gasteiger partial charge in [-0.15, -0.1) is 24.0 Å². The van der Waals surface area contributed by atoms with E-state index in [1.165, 1.54) is 0 Å². The second-order valence-electron chi connectivity index (χ2n) is 5.63. The third kappa shape index (κ3) is 9.52. The molecule has 0 fully saturated rings. The Morgan fingerprint density at radius 1 is 1.20 bits per heavy atom. The molecule has 0 aromatic heterocycles. The fraction of sp³-hybridized carbons (Fsp3) is 0.556. The van der Waals surface area contributed by atoms with Gasteiger partial charge in [-0.25, -0.2) is 4.99 Å². The van der Waals surface area contributed by atoms with Crippen LogP contribution < -0.4 is 15.4 Å². The molecule has 0 aliphatic rings. The Kier molecular flexibility index (Phi) is 12.9. The third-order valence-corrected chi connectivity index (χ3v) is 3.41. The lowest BCUT2D eigenvalue weighted by molar-refractivity contribution is -0.127. The van der Waals surface area contributed by atoms with Crippen LogP contribution in [0.25, 0.3) is 0 Å². The third-order valence-electron chi connectivity index (χ3n) is 3.41. The Morgan fingerprint density at radius 3 is 2.56 bits per heavy atom. The molecule has 1 amide bonds. The zero-order valence-electron chi connectivity index (χ0n) is 15.7. The van der Waals surface area contributed by atoms with Crippen molar-refractivity contribution in [2.45, 2.75) is 33.2 Å². The van der Waals surface area contributed by atoms with Gasteiger partial charge in [0.25, 0.3) is 0 Å². The molecule has 2 N–H and O–H groups in total. The molecule has 25 heavy (non-hydrogen) atoms. The molecule has 0 aliphatic carbocycles. The molecular weight excluding hydrogens is 431 g/mol. The van der Waals surface area contributed by atoms with Crippen LogP contribution in [0.4, 0.5) is 0 Å². The van der Waals surface area contributed by atoms with Crippen molar-refractivity contribution in [3.63, 3.8) is 0 Å². The molecule has 7 heteroatoms. The predicted molar refractivity (Wildman–Crippen MR) is 114 cm³/mol. The van der Waals surface area contributed by atoms with Gasteiger partial charge in [0.15, 0.2) is 5.96 Å². The maximum atomic E-state index is 11.8. The van der Waals surface area contributed by atoms with Crippen LogP contribution in [0.5, 0.6) is 5.75 Å². The maximum Gasteiger partial charge on any atom is 0.241 e. The van der Waals surface area contributed by atoms with Crippen LogP contribution in [0, 0.1) is 0 Å². The number of rotatable bonds is 9. The normalized spacial score (nSPS) is 10.6. The number of ether oxygens (including phenoxy) is 1. The van der Waals surface area contributed by atoms with E-state index < -0.39 is 0 Å². The zero-order chi connectivity index (χ0) is 17.8. The summed E-state index contributed by atoms with van der Waals surface area (Å²) in [5.74, 6) is 1.50.